The summed E-state index contributed by atoms with van der Waals surface area (Å²) in [5.41, 5.74) is 3.20. The Hall–Kier alpha value is -1.02. The number of benzene rings is 1. The highest BCUT2D eigenvalue weighted by Crippen LogP contribution is 2.36. The van der Waals surface area contributed by atoms with Gasteiger partial charge in [-0.3, -0.25) is 0 Å². The molecule has 0 unspecified atom stereocenters. The van der Waals surface area contributed by atoms with Crippen molar-refractivity contribution in [1.82, 2.24) is 4.90 Å². The lowest BCUT2D eigenvalue weighted by Gasteiger charge is -2.35. The van der Waals surface area contributed by atoms with Gasteiger partial charge >= 0.3 is 0 Å². The van der Waals surface area contributed by atoms with Crippen molar-refractivity contribution in [2.75, 3.05) is 19.4 Å². The van der Waals surface area contributed by atoms with E-state index in [4.69, 9.17) is 0 Å². The Kier molecular flexibility index (Phi) is 4.51. The summed E-state index contributed by atoms with van der Waals surface area (Å²) in [5, 5.41) is 3.69. The van der Waals surface area contributed by atoms with Crippen LogP contribution in [0.2, 0.25) is 0 Å². The van der Waals surface area contributed by atoms with E-state index in [1.54, 1.807) is 0 Å². The minimum Gasteiger partial charge on any atom is -0.382 e. The number of nitrogens with zero attached hydrogens (tertiary/aromatic N) is 1. The van der Waals surface area contributed by atoms with Crippen molar-refractivity contribution < 1.29 is 0 Å². The van der Waals surface area contributed by atoms with Gasteiger partial charge in [0, 0.05) is 18.3 Å². The quantitative estimate of drug-likeness (QED) is 0.875. The number of hydrogen-bond donors (Lipinski definition) is 1. The molecule has 0 atom stereocenters. The third-order valence-electron chi connectivity index (χ3n) is 4.16. The zero-order valence-corrected chi connectivity index (χ0v) is 12.9. The number of hydrogen-bond acceptors (Lipinski definition) is 2. The molecule has 19 heavy (non-hydrogen) atoms. The predicted octanol–water partition coefficient (Wildman–Crippen LogP) is 4.13. The molecule has 0 aliphatic heterocycles. The van der Waals surface area contributed by atoms with E-state index < -0.39 is 0 Å². The molecule has 2 nitrogen and oxygen atoms in total. The normalized spacial score (nSPS) is 19.6. The highest BCUT2D eigenvalue weighted by molar-refractivity contribution is 5.45. The zero-order valence-electron chi connectivity index (χ0n) is 12.9. The fraction of sp³-hybridized carbons (Fsp3) is 0.647. The number of nitrogens with one attached hydrogen (secondary N) is 1. The van der Waals surface area contributed by atoms with Crippen LogP contribution < -0.4 is 5.32 Å². The molecule has 106 valence electrons. The van der Waals surface area contributed by atoms with Crippen molar-refractivity contribution in [1.29, 1.82) is 0 Å². The monoisotopic (exact) mass is 260 g/mol. The molecule has 1 aliphatic carbocycles. The first kappa shape index (κ1) is 14.4. The Labute approximate surface area is 118 Å². The van der Waals surface area contributed by atoms with Gasteiger partial charge in [0.1, 0.15) is 0 Å². The topological polar surface area (TPSA) is 15.3 Å². The minimum absolute atomic E-state index is 0.549. The van der Waals surface area contributed by atoms with Crippen molar-refractivity contribution >= 4 is 5.69 Å². The lowest BCUT2D eigenvalue weighted by molar-refractivity contribution is 0.232. The first-order valence-electron chi connectivity index (χ1n) is 7.45. The largest absolute Gasteiger partial charge is 0.382 e. The molecule has 0 aromatic heterocycles. The van der Waals surface area contributed by atoms with E-state index in [1.807, 2.05) is 0 Å². The van der Waals surface area contributed by atoms with Crippen molar-refractivity contribution in [3.05, 3.63) is 29.8 Å². The SMILES string of the molecule is CN(C)Cc1ccc(NC2CCC(C)(C)CC2)cc1. The van der Waals surface area contributed by atoms with Crippen LogP contribution in [0.4, 0.5) is 5.69 Å². The van der Waals surface area contributed by atoms with Gasteiger partial charge in [-0.25, -0.2) is 0 Å². The van der Waals surface area contributed by atoms with Crippen LogP contribution in [0.15, 0.2) is 24.3 Å². The summed E-state index contributed by atoms with van der Waals surface area (Å²) < 4.78 is 0. The molecule has 1 aromatic carbocycles. The lowest BCUT2D eigenvalue weighted by atomic mass is 9.75. The van der Waals surface area contributed by atoms with E-state index in [0.29, 0.717) is 11.5 Å². The van der Waals surface area contributed by atoms with Crippen LogP contribution in [0.3, 0.4) is 0 Å². The Bertz CT molecular complexity index is 382. The molecule has 1 aromatic rings. The summed E-state index contributed by atoms with van der Waals surface area (Å²) >= 11 is 0. The van der Waals surface area contributed by atoms with Crippen LogP contribution in [0.25, 0.3) is 0 Å². The van der Waals surface area contributed by atoms with Gasteiger partial charge in [0.2, 0.25) is 0 Å². The minimum atomic E-state index is 0.549. The first-order valence-corrected chi connectivity index (χ1v) is 7.45. The van der Waals surface area contributed by atoms with Crippen molar-refractivity contribution in [3.63, 3.8) is 0 Å². The molecule has 0 heterocycles. The summed E-state index contributed by atoms with van der Waals surface area (Å²) in [6, 6.07) is 9.56. The smallest absolute Gasteiger partial charge is 0.0342 e. The summed E-state index contributed by atoms with van der Waals surface area (Å²) in [6.45, 7) is 5.79. The lowest BCUT2D eigenvalue weighted by Crippen LogP contribution is -2.29. The van der Waals surface area contributed by atoms with Crippen molar-refractivity contribution in [2.45, 2.75) is 52.1 Å². The molecular weight excluding hydrogens is 232 g/mol. The Morgan fingerprint density at radius 3 is 2.21 bits per heavy atom. The second kappa shape index (κ2) is 5.96. The maximum Gasteiger partial charge on any atom is 0.0342 e. The van der Waals surface area contributed by atoms with Gasteiger partial charge < -0.3 is 10.2 Å². The van der Waals surface area contributed by atoms with Crippen LogP contribution in [0.1, 0.15) is 45.1 Å². The zero-order chi connectivity index (χ0) is 13.9. The second-order valence-corrected chi connectivity index (χ2v) is 7.02. The molecule has 0 bridgehead atoms. The Balaban J connectivity index is 1.86. The maximum atomic E-state index is 3.69. The molecule has 2 rings (SSSR count). The fourth-order valence-corrected chi connectivity index (χ4v) is 2.85. The van der Waals surface area contributed by atoms with Crippen molar-refractivity contribution in [2.24, 2.45) is 5.41 Å². The molecule has 0 radical (unpaired) electrons. The summed E-state index contributed by atoms with van der Waals surface area (Å²) in [6.07, 6.45) is 5.27. The van der Waals surface area contributed by atoms with Gasteiger partial charge in [0.15, 0.2) is 0 Å². The van der Waals surface area contributed by atoms with Crippen LogP contribution in [0.5, 0.6) is 0 Å². The maximum absolute atomic E-state index is 3.69. The Morgan fingerprint density at radius 1 is 1.11 bits per heavy atom. The van der Waals surface area contributed by atoms with Gasteiger partial charge in [0.05, 0.1) is 0 Å². The second-order valence-electron chi connectivity index (χ2n) is 7.02. The van der Waals surface area contributed by atoms with Gasteiger partial charge in [0.25, 0.3) is 0 Å². The van der Waals surface area contributed by atoms with E-state index in [0.717, 1.165) is 6.54 Å². The summed E-state index contributed by atoms with van der Waals surface area (Å²) in [4.78, 5) is 2.20. The van der Waals surface area contributed by atoms with E-state index in [9.17, 15) is 0 Å². The van der Waals surface area contributed by atoms with Gasteiger partial charge in [-0.1, -0.05) is 26.0 Å². The average Bonchev–Trinajstić information content (AvgIpc) is 2.34. The molecule has 0 saturated heterocycles. The third kappa shape index (κ3) is 4.54. The van der Waals surface area contributed by atoms with E-state index in [2.05, 4.69) is 62.4 Å². The van der Waals surface area contributed by atoms with Crippen LogP contribution in [-0.4, -0.2) is 25.0 Å². The highest BCUT2D eigenvalue weighted by atomic mass is 15.0. The van der Waals surface area contributed by atoms with Crippen LogP contribution in [-0.2, 0) is 6.54 Å². The summed E-state index contributed by atoms with van der Waals surface area (Å²) in [5.74, 6) is 0. The fourth-order valence-electron chi connectivity index (χ4n) is 2.85. The van der Waals surface area contributed by atoms with E-state index in [1.165, 1.54) is 36.9 Å². The summed E-state index contributed by atoms with van der Waals surface area (Å²) in [7, 11) is 4.21. The first-order chi connectivity index (χ1) is 8.94. The Morgan fingerprint density at radius 2 is 1.68 bits per heavy atom. The van der Waals surface area contributed by atoms with Crippen molar-refractivity contribution in [3.8, 4) is 0 Å². The third-order valence-corrected chi connectivity index (χ3v) is 4.16. The molecule has 1 aliphatic rings. The molecular formula is C17H28N2. The van der Waals surface area contributed by atoms with E-state index in [-0.39, 0.29) is 0 Å². The number of anilines is 1. The highest BCUT2D eigenvalue weighted by Gasteiger charge is 2.26. The molecule has 2 heteroatoms. The van der Waals surface area contributed by atoms with Gasteiger partial charge in [-0.05, 0) is 62.9 Å². The molecule has 1 fully saturated rings. The molecule has 1 N–H and O–H groups in total. The predicted molar refractivity (Wildman–Crippen MR) is 83.5 cm³/mol. The van der Waals surface area contributed by atoms with E-state index >= 15 is 0 Å². The van der Waals surface area contributed by atoms with Gasteiger partial charge in [-0.15, -0.1) is 0 Å². The standard InChI is InChI=1S/C17H28N2/c1-17(2)11-9-16(10-12-17)18-15-7-5-14(6-8-15)13-19(3)4/h5-8,16,18H,9-13H2,1-4H3. The molecule has 1 saturated carbocycles. The number of rotatable bonds is 4. The van der Waals surface area contributed by atoms with Gasteiger partial charge in [-0.2, -0.15) is 0 Å². The average molecular weight is 260 g/mol. The molecule has 0 amide bonds. The van der Waals surface area contributed by atoms with Crippen LogP contribution in [0, 0.1) is 5.41 Å². The van der Waals surface area contributed by atoms with Crippen LogP contribution >= 0.6 is 0 Å². The molecule has 0 spiro atoms.